The van der Waals surface area contributed by atoms with E-state index in [-0.39, 0.29) is 19.0 Å². The van der Waals surface area contributed by atoms with E-state index in [9.17, 15) is 9.18 Å². The molecular weight excluding hydrogens is 227 g/mol. The Kier molecular flexibility index (Phi) is 5.67. The molecule has 1 aromatic rings. The second-order valence-electron chi connectivity index (χ2n) is 3.14. The molecule has 0 aliphatic carbocycles. The van der Waals surface area contributed by atoms with Crippen molar-refractivity contribution in [3.05, 3.63) is 30.1 Å². The third kappa shape index (κ3) is 5.62. The van der Waals surface area contributed by atoms with Crippen molar-refractivity contribution >= 4 is 17.8 Å². The first-order valence-electron chi connectivity index (χ1n) is 5.05. The molecule has 0 unspecified atom stereocenters. The highest BCUT2D eigenvalue weighted by Crippen LogP contribution is 2.07. The van der Waals surface area contributed by atoms with Crippen molar-refractivity contribution in [3.8, 4) is 0 Å². The molecule has 1 amide bonds. The van der Waals surface area contributed by atoms with E-state index in [2.05, 4.69) is 10.5 Å². The van der Waals surface area contributed by atoms with E-state index < -0.39 is 5.91 Å². The largest absolute Gasteiger partial charge is 0.396 e. The van der Waals surface area contributed by atoms with Crippen LogP contribution in [0, 0.1) is 5.82 Å². The number of rotatable bonds is 6. The van der Waals surface area contributed by atoms with Gasteiger partial charge in [-0.15, -0.1) is 0 Å². The smallest absolute Gasteiger partial charge is 0.270 e. The number of carbonyl (C=O) groups excluding carboxylic acids is 1. The van der Waals surface area contributed by atoms with Crippen molar-refractivity contribution < 1.29 is 19.1 Å². The minimum Gasteiger partial charge on any atom is -0.396 e. The molecule has 5 nitrogen and oxygen atoms in total. The Morgan fingerprint density at radius 3 is 2.82 bits per heavy atom. The summed E-state index contributed by atoms with van der Waals surface area (Å²) in [6, 6.07) is 5.36. The van der Waals surface area contributed by atoms with Gasteiger partial charge in [-0.2, -0.15) is 0 Å². The highest BCUT2D eigenvalue weighted by atomic mass is 19.1. The monoisotopic (exact) mass is 240 g/mol. The van der Waals surface area contributed by atoms with Gasteiger partial charge in [0.25, 0.3) is 5.91 Å². The third-order valence-corrected chi connectivity index (χ3v) is 1.75. The van der Waals surface area contributed by atoms with E-state index in [4.69, 9.17) is 9.94 Å². The Morgan fingerprint density at radius 2 is 2.18 bits per heavy atom. The van der Waals surface area contributed by atoms with Gasteiger partial charge in [0.15, 0.2) is 0 Å². The van der Waals surface area contributed by atoms with Gasteiger partial charge >= 0.3 is 0 Å². The number of nitrogens with one attached hydrogen (secondary N) is 1. The van der Waals surface area contributed by atoms with Crippen LogP contribution in [-0.2, 0) is 9.63 Å². The predicted molar refractivity (Wildman–Crippen MR) is 61.2 cm³/mol. The van der Waals surface area contributed by atoms with Gasteiger partial charge in [-0.3, -0.25) is 4.79 Å². The fourth-order valence-electron chi connectivity index (χ4n) is 0.975. The molecule has 17 heavy (non-hydrogen) atoms. The number of benzene rings is 1. The third-order valence-electron chi connectivity index (χ3n) is 1.75. The lowest BCUT2D eigenvalue weighted by molar-refractivity contribution is -0.110. The minimum atomic E-state index is -0.472. The van der Waals surface area contributed by atoms with Gasteiger partial charge in [0, 0.05) is 18.7 Å². The van der Waals surface area contributed by atoms with E-state index in [1.165, 1.54) is 24.3 Å². The molecule has 0 heterocycles. The van der Waals surface area contributed by atoms with Crippen LogP contribution in [0.2, 0.25) is 0 Å². The summed E-state index contributed by atoms with van der Waals surface area (Å²) in [6.45, 7) is 0.258. The summed E-state index contributed by atoms with van der Waals surface area (Å²) in [5.41, 5.74) is 0.471. The number of carbonyl (C=O) groups is 1. The molecule has 92 valence electrons. The predicted octanol–water partition coefficient (Wildman–Crippen LogP) is 1.15. The molecule has 1 rings (SSSR count). The van der Waals surface area contributed by atoms with Gasteiger partial charge < -0.3 is 15.3 Å². The van der Waals surface area contributed by atoms with Crippen molar-refractivity contribution in [2.24, 2.45) is 5.16 Å². The SMILES string of the molecule is O=C(/C=N/OCCCO)Nc1ccc(F)cc1. The molecule has 6 heteroatoms. The Bertz CT molecular complexity index is 379. The standard InChI is InChI=1S/C11H13FN2O3/c12-9-2-4-10(5-3-9)14-11(16)8-13-17-7-1-6-15/h2-5,8,15H,1,6-7H2,(H,14,16)/b13-8+. The number of aliphatic hydroxyl groups is 1. The fourth-order valence-corrected chi connectivity index (χ4v) is 0.975. The quantitative estimate of drug-likeness (QED) is 0.445. The number of halogens is 1. The van der Waals surface area contributed by atoms with E-state index in [0.717, 1.165) is 6.21 Å². The van der Waals surface area contributed by atoms with Crippen molar-refractivity contribution in [1.82, 2.24) is 0 Å². The number of amides is 1. The van der Waals surface area contributed by atoms with Gasteiger partial charge in [-0.1, -0.05) is 5.16 Å². The topological polar surface area (TPSA) is 70.9 Å². The maximum Gasteiger partial charge on any atom is 0.270 e. The number of anilines is 1. The van der Waals surface area contributed by atoms with Gasteiger partial charge in [0.05, 0.1) is 0 Å². The first-order chi connectivity index (χ1) is 8.22. The minimum absolute atomic E-state index is 0.0112. The highest BCUT2D eigenvalue weighted by molar-refractivity contribution is 6.31. The average molecular weight is 240 g/mol. The summed E-state index contributed by atoms with van der Waals surface area (Å²) < 4.78 is 12.6. The molecule has 0 aromatic heterocycles. The molecule has 2 N–H and O–H groups in total. The van der Waals surface area contributed by atoms with Crippen LogP contribution in [0.25, 0.3) is 0 Å². The van der Waals surface area contributed by atoms with E-state index in [0.29, 0.717) is 12.1 Å². The van der Waals surface area contributed by atoms with Crippen LogP contribution in [0.1, 0.15) is 6.42 Å². The molecule has 0 aliphatic rings. The Morgan fingerprint density at radius 1 is 1.47 bits per heavy atom. The normalized spacial score (nSPS) is 10.5. The molecule has 0 atom stereocenters. The summed E-state index contributed by atoms with van der Waals surface area (Å²) in [4.78, 5) is 15.9. The fraction of sp³-hybridized carbons (Fsp3) is 0.273. The van der Waals surface area contributed by atoms with Crippen LogP contribution >= 0.6 is 0 Å². The Hall–Kier alpha value is -1.95. The highest BCUT2D eigenvalue weighted by Gasteiger charge is 1.98. The second kappa shape index (κ2) is 7.34. The van der Waals surface area contributed by atoms with Crippen LogP contribution < -0.4 is 5.32 Å². The van der Waals surface area contributed by atoms with Crippen LogP contribution in [0.15, 0.2) is 29.4 Å². The molecule has 1 aromatic carbocycles. The molecule has 0 spiro atoms. The summed E-state index contributed by atoms with van der Waals surface area (Å²) in [5.74, 6) is -0.843. The summed E-state index contributed by atoms with van der Waals surface area (Å²) in [5, 5.41) is 14.3. The average Bonchev–Trinajstić information content (AvgIpc) is 2.32. The first-order valence-corrected chi connectivity index (χ1v) is 5.05. The first kappa shape index (κ1) is 13.1. The number of nitrogens with zero attached hydrogens (tertiary/aromatic N) is 1. The summed E-state index contributed by atoms with van der Waals surface area (Å²) >= 11 is 0. The Balaban J connectivity index is 2.31. The van der Waals surface area contributed by atoms with Crippen molar-refractivity contribution in [2.75, 3.05) is 18.5 Å². The number of hydrogen-bond acceptors (Lipinski definition) is 4. The van der Waals surface area contributed by atoms with Crippen LogP contribution in [0.5, 0.6) is 0 Å². The number of oxime groups is 1. The zero-order chi connectivity index (χ0) is 12.5. The van der Waals surface area contributed by atoms with Gasteiger partial charge in [0.1, 0.15) is 18.6 Å². The zero-order valence-corrected chi connectivity index (χ0v) is 9.10. The lowest BCUT2D eigenvalue weighted by Crippen LogP contribution is -2.12. The maximum absolute atomic E-state index is 12.6. The molecule has 0 fully saturated rings. The summed E-state index contributed by atoms with van der Waals surface area (Å²) in [6.07, 6.45) is 1.43. The van der Waals surface area contributed by atoms with Crippen molar-refractivity contribution in [2.45, 2.75) is 6.42 Å². The molecule has 0 bridgehead atoms. The number of hydrogen-bond donors (Lipinski definition) is 2. The lowest BCUT2D eigenvalue weighted by atomic mass is 10.3. The van der Waals surface area contributed by atoms with E-state index in [1.54, 1.807) is 0 Å². The zero-order valence-electron chi connectivity index (χ0n) is 9.10. The van der Waals surface area contributed by atoms with Gasteiger partial charge in [0.2, 0.25) is 0 Å². The van der Waals surface area contributed by atoms with Crippen LogP contribution in [-0.4, -0.2) is 30.4 Å². The summed E-state index contributed by atoms with van der Waals surface area (Å²) in [7, 11) is 0. The van der Waals surface area contributed by atoms with E-state index in [1.807, 2.05) is 0 Å². The maximum atomic E-state index is 12.6. The Labute approximate surface area is 97.9 Å². The molecule has 0 saturated carbocycles. The lowest BCUT2D eigenvalue weighted by Gasteiger charge is -2.00. The van der Waals surface area contributed by atoms with Crippen molar-refractivity contribution in [3.63, 3.8) is 0 Å². The van der Waals surface area contributed by atoms with Gasteiger partial charge in [-0.25, -0.2) is 4.39 Å². The van der Waals surface area contributed by atoms with Gasteiger partial charge in [-0.05, 0) is 24.3 Å². The molecule has 0 aliphatic heterocycles. The second-order valence-corrected chi connectivity index (χ2v) is 3.14. The van der Waals surface area contributed by atoms with Crippen LogP contribution in [0.3, 0.4) is 0 Å². The molecular formula is C11H13FN2O3. The van der Waals surface area contributed by atoms with Crippen molar-refractivity contribution in [1.29, 1.82) is 0 Å². The molecule has 0 saturated heterocycles. The van der Waals surface area contributed by atoms with E-state index >= 15 is 0 Å². The molecule has 0 radical (unpaired) electrons. The number of aliphatic hydroxyl groups excluding tert-OH is 1. The van der Waals surface area contributed by atoms with Crippen LogP contribution in [0.4, 0.5) is 10.1 Å².